The summed E-state index contributed by atoms with van der Waals surface area (Å²) in [5, 5.41) is 4.29. The highest BCUT2D eigenvalue weighted by Gasteiger charge is 2.09. The van der Waals surface area contributed by atoms with E-state index < -0.39 is 0 Å². The Balaban J connectivity index is 2.83. The summed E-state index contributed by atoms with van der Waals surface area (Å²) in [6, 6.07) is 4.29. The monoisotopic (exact) mass is 340 g/mol. The van der Waals surface area contributed by atoms with Crippen LogP contribution in [0.4, 0.5) is 0 Å². The van der Waals surface area contributed by atoms with Crippen molar-refractivity contribution in [2.24, 2.45) is 0 Å². The van der Waals surface area contributed by atoms with Crippen molar-refractivity contribution in [3.63, 3.8) is 0 Å². The molecule has 1 aromatic carbocycles. The summed E-state index contributed by atoms with van der Waals surface area (Å²) in [7, 11) is 0. The van der Waals surface area contributed by atoms with Crippen LogP contribution in [-0.4, -0.2) is 6.26 Å². The van der Waals surface area contributed by atoms with E-state index in [1.165, 1.54) is 13.7 Å². The van der Waals surface area contributed by atoms with Crippen LogP contribution in [0.2, 0.25) is 5.02 Å². The van der Waals surface area contributed by atoms with Crippen molar-refractivity contribution in [2.75, 3.05) is 6.26 Å². The number of rotatable bonds is 1. The highest BCUT2D eigenvalue weighted by molar-refractivity contribution is 14.1. The molecule has 0 aliphatic carbocycles. The molecule has 2 aromatic rings. The van der Waals surface area contributed by atoms with Crippen LogP contribution >= 0.6 is 57.3 Å². The van der Waals surface area contributed by atoms with Gasteiger partial charge in [0.15, 0.2) is 0 Å². The van der Waals surface area contributed by atoms with Gasteiger partial charge in [-0.1, -0.05) is 11.6 Å². The number of fused-ring (bicyclic) bond motifs is 1. The van der Waals surface area contributed by atoms with Crippen LogP contribution in [0.3, 0.4) is 0 Å². The lowest BCUT2D eigenvalue weighted by Crippen LogP contribution is -1.79. The second-order valence-corrected chi connectivity index (χ2v) is 5.77. The molecule has 13 heavy (non-hydrogen) atoms. The number of thioether (sulfide) groups is 1. The Hall–Kier alpha value is 0.550. The molecule has 0 unspecified atom stereocenters. The highest BCUT2D eigenvalue weighted by atomic mass is 127. The molecular weight excluding hydrogens is 335 g/mol. The van der Waals surface area contributed by atoms with Crippen molar-refractivity contribution >= 4 is 67.4 Å². The van der Waals surface area contributed by atoms with E-state index in [9.17, 15) is 0 Å². The van der Waals surface area contributed by atoms with Crippen molar-refractivity contribution in [1.82, 2.24) is 0 Å². The van der Waals surface area contributed by atoms with Gasteiger partial charge in [-0.25, -0.2) is 0 Å². The van der Waals surface area contributed by atoms with Gasteiger partial charge in [-0.2, -0.15) is 0 Å². The lowest BCUT2D eigenvalue weighted by atomic mass is 10.3. The third-order valence-corrected chi connectivity index (χ3v) is 5.79. The maximum atomic E-state index is 6.21. The first-order valence-electron chi connectivity index (χ1n) is 3.63. The normalized spacial score (nSPS) is 11.0. The highest BCUT2D eigenvalue weighted by Crippen LogP contribution is 2.37. The van der Waals surface area contributed by atoms with Crippen LogP contribution in [-0.2, 0) is 0 Å². The molecular formula is C9H6ClIS2. The van der Waals surface area contributed by atoms with Crippen molar-refractivity contribution in [3.8, 4) is 0 Å². The van der Waals surface area contributed by atoms with E-state index in [0.717, 1.165) is 9.92 Å². The fourth-order valence-corrected chi connectivity index (χ4v) is 4.12. The van der Waals surface area contributed by atoms with Crippen LogP contribution in [0, 0.1) is 3.57 Å². The van der Waals surface area contributed by atoms with Gasteiger partial charge in [0.1, 0.15) is 0 Å². The molecule has 0 nitrogen and oxygen atoms in total. The topological polar surface area (TPSA) is 0 Å². The molecule has 0 radical (unpaired) electrons. The molecule has 0 N–H and O–H groups in total. The van der Waals surface area contributed by atoms with Crippen LogP contribution < -0.4 is 0 Å². The Morgan fingerprint density at radius 2 is 2.31 bits per heavy atom. The summed E-state index contributed by atoms with van der Waals surface area (Å²) in [6.07, 6.45) is 2.05. The van der Waals surface area contributed by atoms with Crippen LogP contribution in [0.1, 0.15) is 0 Å². The summed E-state index contributed by atoms with van der Waals surface area (Å²) < 4.78 is 2.47. The molecule has 0 saturated carbocycles. The van der Waals surface area contributed by atoms with Gasteiger partial charge in [-0.15, -0.1) is 23.1 Å². The van der Waals surface area contributed by atoms with E-state index in [1.807, 2.05) is 0 Å². The Kier molecular flexibility index (Phi) is 3.07. The largest absolute Gasteiger partial charge is 0.143 e. The minimum Gasteiger partial charge on any atom is -0.143 e. The standard InChI is InChI=1S/C9H6ClIS2/c1-12-6-4-5-2-3-13-9(5)8(11)7(6)10/h2-4H,1H3. The second kappa shape index (κ2) is 3.96. The third kappa shape index (κ3) is 1.71. The Morgan fingerprint density at radius 3 is 3.00 bits per heavy atom. The number of hydrogen-bond donors (Lipinski definition) is 0. The SMILES string of the molecule is CSc1cc2ccsc2c(I)c1Cl. The fourth-order valence-electron chi connectivity index (χ4n) is 1.17. The number of benzene rings is 1. The van der Waals surface area contributed by atoms with Gasteiger partial charge in [0.25, 0.3) is 0 Å². The van der Waals surface area contributed by atoms with Gasteiger partial charge >= 0.3 is 0 Å². The molecule has 4 heteroatoms. The summed E-state index contributed by atoms with van der Waals surface area (Å²) in [5.41, 5.74) is 0. The maximum Gasteiger partial charge on any atom is 0.0689 e. The predicted octanol–water partition coefficient (Wildman–Crippen LogP) is 4.88. The van der Waals surface area contributed by atoms with Gasteiger partial charge in [-0.3, -0.25) is 0 Å². The van der Waals surface area contributed by atoms with Crippen LogP contribution in [0.5, 0.6) is 0 Å². The zero-order chi connectivity index (χ0) is 9.42. The zero-order valence-corrected chi connectivity index (χ0v) is 11.4. The van der Waals surface area contributed by atoms with E-state index in [0.29, 0.717) is 0 Å². The summed E-state index contributed by atoms with van der Waals surface area (Å²) in [5.74, 6) is 0. The molecule has 1 heterocycles. The predicted molar refractivity (Wildman–Crippen MR) is 71.3 cm³/mol. The average molecular weight is 341 g/mol. The molecule has 0 fully saturated rings. The first kappa shape index (κ1) is 10.1. The Bertz CT molecular complexity index is 450. The minimum atomic E-state index is 0.892. The minimum absolute atomic E-state index is 0.892. The van der Waals surface area contributed by atoms with Crippen LogP contribution in [0.15, 0.2) is 22.4 Å². The Morgan fingerprint density at radius 1 is 1.54 bits per heavy atom. The van der Waals surface area contributed by atoms with Crippen molar-refractivity contribution in [1.29, 1.82) is 0 Å². The van der Waals surface area contributed by atoms with Crippen molar-refractivity contribution < 1.29 is 0 Å². The summed E-state index contributed by atoms with van der Waals surface area (Å²) >= 11 is 12.0. The fraction of sp³-hybridized carbons (Fsp3) is 0.111. The quantitative estimate of drug-likeness (QED) is 0.526. The van der Waals surface area contributed by atoms with E-state index in [1.54, 1.807) is 23.1 Å². The Labute approximate surface area is 104 Å². The zero-order valence-electron chi connectivity index (χ0n) is 6.80. The average Bonchev–Trinajstić information content (AvgIpc) is 2.59. The van der Waals surface area contributed by atoms with E-state index in [4.69, 9.17) is 11.6 Å². The molecule has 0 spiro atoms. The third-order valence-electron chi connectivity index (χ3n) is 1.81. The summed E-state index contributed by atoms with van der Waals surface area (Å²) in [4.78, 5) is 1.16. The molecule has 0 saturated heterocycles. The van der Waals surface area contributed by atoms with Crippen molar-refractivity contribution in [3.05, 3.63) is 26.1 Å². The lowest BCUT2D eigenvalue weighted by Gasteiger charge is -2.03. The first-order chi connectivity index (χ1) is 6.24. The lowest BCUT2D eigenvalue weighted by molar-refractivity contribution is 1.50. The first-order valence-corrected chi connectivity index (χ1v) is 7.19. The van der Waals surface area contributed by atoms with Gasteiger partial charge in [0, 0.05) is 9.60 Å². The molecule has 0 bridgehead atoms. The van der Waals surface area contributed by atoms with Gasteiger partial charge < -0.3 is 0 Å². The van der Waals surface area contributed by atoms with E-state index in [-0.39, 0.29) is 0 Å². The molecule has 0 atom stereocenters. The number of thiophene rings is 1. The molecule has 0 aliphatic rings. The second-order valence-electron chi connectivity index (χ2n) is 2.55. The maximum absolute atomic E-state index is 6.21. The molecule has 68 valence electrons. The molecule has 0 amide bonds. The van der Waals surface area contributed by atoms with Crippen LogP contribution in [0.25, 0.3) is 10.1 Å². The number of halogens is 2. The van der Waals surface area contributed by atoms with Crippen molar-refractivity contribution in [2.45, 2.75) is 4.90 Å². The molecule has 0 aliphatic heterocycles. The van der Waals surface area contributed by atoms with Gasteiger partial charge in [0.2, 0.25) is 0 Å². The van der Waals surface area contributed by atoms with Gasteiger partial charge in [-0.05, 0) is 51.7 Å². The van der Waals surface area contributed by atoms with Gasteiger partial charge in [0.05, 0.1) is 8.59 Å². The molecule has 1 aromatic heterocycles. The smallest absolute Gasteiger partial charge is 0.0689 e. The summed E-state index contributed by atoms with van der Waals surface area (Å²) in [6.45, 7) is 0. The number of hydrogen-bond acceptors (Lipinski definition) is 2. The molecule has 2 rings (SSSR count). The van der Waals surface area contributed by atoms with E-state index in [2.05, 4.69) is 46.4 Å². The van der Waals surface area contributed by atoms with E-state index >= 15 is 0 Å².